The topological polar surface area (TPSA) is 44.4 Å². The van der Waals surface area contributed by atoms with Crippen LogP contribution in [0.25, 0.3) is 0 Å². The van der Waals surface area contributed by atoms with Gasteiger partial charge in [-0.1, -0.05) is 39.0 Å². The fraction of sp³-hybridized carbons (Fsp3) is 0.562. The minimum Gasteiger partial charge on any atom is -0.325 e. The molecule has 0 aliphatic heterocycles. The molecule has 4 heteroatoms. The Balaban J connectivity index is 2.54. The first-order valence-electron chi connectivity index (χ1n) is 7.05. The molecule has 4 nitrogen and oxygen atoms in total. The number of para-hydroxylation sites is 1. The van der Waals surface area contributed by atoms with Crippen LogP contribution in [-0.2, 0) is 10.2 Å². The van der Waals surface area contributed by atoms with Crippen molar-refractivity contribution in [3.63, 3.8) is 0 Å². The average molecular weight is 277 g/mol. The van der Waals surface area contributed by atoms with Gasteiger partial charge >= 0.3 is 0 Å². The van der Waals surface area contributed by atoms with Crippen LogP contribution in [0.15, 0.2) is 24.3 Å². The first-order valence-corrected chi connectivity index (χ1v) is 7.05. The maximum Gasteiger partial charge on any atom is 0.238 e. The summed E-state index contributed by atoms with van der Waals surface area (Å²) in [4.78, 5) is 14.0. The average Bonchev–Trinajstić information content (AvgIpc) is 2.34. The van der Waals surface area contributed by atoms with Gasteiger partial charge in [-0.25, -0.2) is 0 Å². The normalized spacial score (nSPS) is 11.7. The molecule has 0 spiro atoms. The summed E-state index contributed by atoms with van der Waals surface area (Å²) in [5.41, 5.74) is 2.07. The second-order valence-electron chi connectivity index (χ2n) is 6.32. The molecule has 0 bridgehead atoms. The van der Waals surface area contributed by atoms with Gasteiger partial charge in [0.25, 0.3) is 0 Å². The molecule has 0 heterocycles. The second-order valence-corrected chi connectivity index (χ2v) is 6.32. The van der Waals surface area contributed by atoms with Crippen LogP contribution in [0.3, 0.4) is 0 Å². The summed E-state index contributed by atoms with van der Waals surface area (Å²) in [5, 5.41) is 6.13. The monoisotopic (exact) mass is 277 g/mol. The predicted octanol–water partition coefficient (Wildman–Crippen LogP) is 2.07. The quantitative estimate of drug-likeness (QED) is 0.783. The van der Waals surface area contributed by atoms with E-state index in [1.54, 1.807) is 0 Å². The van der Waals surface area contributed by atoms with Crippen molar-refractivity contribution in [3.05, 3.63) is 29.8 Å². The van der Waals surface area contributed by atoms with Crippen LogP contribution in [-0.4, -0.2) is 44.5 Å². The molecule has 112 valence electrons. The maximum atomic E-state index is 11.9. The summed E-state index contributed by atoms with van der Waals surface area (Å²) in [6.45, 7) is 8.51. The lowest BCUT2D eigenvalue weighted by molar-refractivity contribution is -0.115. The fourth-order valence-electron chi connectivity index (χ4n) is 1.95. The smallest absolute Gasteiger partial charge is 0.238 e. The van der Waals surface area contributed by atoms with Crippen LogP contribution in [0.1, 0.15) is 26.3 Å². The van der Waals surface area contributed by atoms with Crippen LogP contribution in [0.2, 0.25) is 0 Å². The third kappa shape index (κ3) is 5.72. The molecule has 0 aromatic heterocycles. The number of amides is 1. The predicted molar refractivity (Wildman–Crippen MR) is 85.2 cm³/mol. The Bertz CT molecular complexity index is 436. The Hall–Kier alpha value is -1.39. The maximum absolute atomic E-state index is 11.9. The number of benzene rings is 1. The SMILES string of the molecule is CN(C)CCNCC(=O)Nc1ccccc1C(C)(C)C. The van der Waals surface area contributed by atoms with E-state index in [-0.39, 0.29) is 11.3 Å². The second kappa shape index (κ2) is 7.41. The standard InChI is InChI=1S/C16H27N3O/c1-16(2,3)13-8-6-7-9-14(13)18-15(20)12-17-10-11-19(4)5/h6-9,17H,10-12H2,1-5H3,(H,18,20). The van der Waals surface area contributed by atoms with Crippen LogP contribution in [0, 0.1) is 0 Å². The van der Waals surface area contributed by atoms with E-state index < -0.39 is 0 Å². The Labute approximate surface area is 122 Å². The number of carbonyl (C=O) groups is 1. The highest BCUT2D eigenvalue weighted by molar-refractivity contribution is 5.93. The lowest BCUT2D eigenvalue weighted by atomic mass is 9.86. The summed E-state index contributed by atoms with van der Waals surface area (Å²) in [6.07, 6.45) is 0. The molecule has 0 aliphatic rings. The number of likely N-dealkylation sites (N-methyl/N-ethyl adjacent to an activating group) is 1. The number of rotatable bonds is 6. The minimum absolute atomic E-state index is 0.000422. The summed E-state index contributed by atoms with van der Waals surface area (Å²) in [5.74, 6) is 0.000422. The molecule has 1 amide bonds. The Morgan fingerprint density at radius 1 is 1.20 bits per heavy atom. The van der Waals surface area contributed by atoms with Crippen LogP contribution < -0.4 is 10.6 Å². The lowest BCUT2D eigenvalue weighted by Crippen LogP contribution is -2.33. The van der Waals surface area contributed by atoms with Crippen LogP contribution >= 0.6 is 0 Å². The highest BCUT2D eigenvalue weighted by Crippen LogP contribution is 2.28. The summed E-state index contributed by atoms with van der Waals surface area (Å²) in [7, 11) is 4.03. The molecule has 2 N–H and O–H groups in total. The Morgan fingerprint density at radius 3 is 2.45 bits per heavy atom. The van der Waals surface area contributed by atoms with E-state index in [2.05, 4.69) is 42.4 Å². The van der Waals surface area contributed by atoms with Gasteiger partial charge in [-0.3, -0.25) is 4.79 Å². The fourth-order valence-corrected chi connectivity index (χ4v) is 1.95. The van der Waals surface area contributed by atoms with Gasteiger partial charge in [0.1, 0.15) is 0 Å². The first-order chi connectivity index (χ1) is 9.30. The van der Waals surface area contributed by atoms with E-state index in [9.17, 15) is 4.79 Å². The zero-order valence-corrected chi connectivity index (χ0v) is 13.3. The number of anilines is 1. The van der Waals surface area contributed by atoms with E-state index in [4.69, 9.17) is 0 Å². The molecule has 0 fully saturated rings. The zero-order valence-electron chi connectivity index (χ0n) is 13.3. The van der Waals surface area contributed by atoms with Gasteiger partial charge in [-0.2, -0.15) is 0 Å². The molecule has 1 rings (SSSR count). The third-order valence-electron chi connectivity index (χ3n) is 3.03. The molecule has 0 atom stereocenters. The van der Waals surface area contributed by atoms with Gasteiger partial charge in [0.05, 0.1) is 6.54 Å². The van der Waals surface area contributed by atoms with E-state index in [1.165, 1.54) is 0 Å². The van der Waals surface area contributed by atoms with Gasteiger partial charge in [-0.15, -0.1) is 0 Å². The Kier molecular flexibility index (Phi) is 6.17. The molecule has 1 aromatic carbocycles. The molecule has 20 heavy (non-hydrogen) atoms. The summed E-state index contributed by atoms with van der Waals surface area (Å²) in [6, 6.07) is 7.98. The van der Waals surface area contributed by atoms with E-state index in [0.717, 1.165) is 24.3 Å². The van der Waals surface area contributed by atoms with Crippen molar-refractivity contribution in [2.45, 2.75) is 26.2 Å². The molecule has 0 saturated carbocycles. The number of carbonyl (C=O) groups excluding carboxylic acids is 1. The highest BCUT2D eigenvalue weighted by atomic mass is 16.1. The van der Waals surface area contributed by atoms with Crippen molar-refractivity contribution in [3.8, 4) is 0 Å². The number of hydrogen-bond donors (Lipinski definition) is 2. The van der Waals surface area contributed by atoms with Crippen molar-refractivity contribution in [2.24, 2.45) is 0 Å². The van der Waals surface area contributed by atoms with Gasteiger partial charge in [0, 0.05) is 18.8 Å². The van der Waals surface area contributed by atoms with E-state index in [1.807, 2.05) is 32.3 Å². The largest absolute Gasteiger partial charge is 0.325 e. The van der Waals surface area contributed by atoms with E-state index >= 15 is 0 Å². The highest BCUT2D eigenvalue weighted by Gasteiger charge is 2.18. The minimum atomic E-state index is 0.000422. The van der Waals surface area contributed by atoms with Crippen molar-refractivity contribution < 1.29 is 4.79 Å². The Morgan fingerprint density at radius 2 is 1.85 bits per heavy atom. The van der Waals surface area contributed by atoms with Crippen molar-refractivity contribution in [1.29, 1.82) is 0 Å². The molecule has 0 unspecified atom stereocenters. The van der Waals surface area contributed by atoms with E-state index in [0.29, 0.717) is 6.54 Å². The van der Waals surface area contributed by atoms with Crippen molar-refractivity contribution >= 4 is 11.6 Å². The van der Waals surface area contributed by atoms with Crippen LogP contribution in [0.5, 0.6) is 0 Å². The van der Waals surface area contributed by atoms with Gasteiger partial charge in [0.2, 0.25) is 5.91 Å². The molecule has 0 aliphatic carbocycles. The number of nitrogens with zero attached hydrogens (tertiary/aromatic N) is 1. The number of nitrogens with one attached hydrogen (secondary N) is 2. The zero-order chi connectivity index (χ0) is 15.2. The molecular weight excluding hydrogens is 250 g/mol. The third-order valence-corrected chi connectivity index (χ3v) is 3.03. The first kappa shape index (κ1) is 16.7. The van der Waals surface area contributed by atoms with Crippen molar-refractivity contribution in [2.75, 3.05) is 39.0 Å². The summed E-state index contributed by atoms with van der Waals surface area (Å²) >= 11 is 0. The molecule has 0 radical (unpaired) electrons. The molecule has 0 saturated heterocycles. The van der Waals surface area contributed by atoms with Gasteiger partial charge in [0.15, 0.2) is 0 Å². The molecule has 1 aromatic rings. The van der Waals surface area contributed by atoms with Gasteiger partial charge < -0.3 is 15.5 Å². The van der Waals surface area contributed by atoms with Crippen LogP contribution in [0.4, 0.5) is 5.69 Å². The molecular formula is C16H27N3O. The lowest BCUT2D eigenvalue weighted by Gasteiger charge is -2.23. The van der Waals surface area contributed by atoms with Crippen molar-refractivity contribution in [1.82, 2.24) is 10.2 Å². The summed E-state index contributed by atoms with van der Waals surface area (Å²) < 4.78 is 0. The number of hydrogen-bond acceptors (Lipinski definition) is 3. The van der Waals surface area contributed by atoms with Gasteiger partial charge in [-0.05, 0) is 31.1 Å².